The molecule has 3 heterocycles. The molecule has 144 valence electrons. The topological polar surface area (TPSA) is 75.4 Å². The Balaban J connectivity index is 1.47. The van der Waals surface area contributed by atoms with Crippen molar-refractivity contribution in [3.8, 4) is 11.3 Å². The van der Waals surface area contributed by atoms with Gasteiger partial charge in [-0.2, -0.15) is 0 Å². The maximum absolute atomic E-state index is 12.9. The van der Waals surface area contributed by atoms with Crippen molar-refractivity contribution >= 4 is 28.3 Å². The first-order valence-corrected chi connectivity index (χ1v) is 10.2. The van der Waals surface area contributed by atoms with Crippen LogP contribution in [0.4, 0.5) is 5.13 Å². The summed E-state index contributed by atoms with van der Waals surface area (Å²) < 4.78 is 5.22. The number of rotatable bonds is 4. The Bertz CT molecular complexity index is 963. The van der Waals surface area contributed by atoms with E-state index in [2.05, 4.69) is 10.3 Å². The lowest BCUT2D eigenvalue weighted by atomic mass is 10.0. The average molecular weight is 395 g/mol. The smallest absolute Gasteiger partial charge is 0.290 e. The van der Waals surface area contributed by atoms with E-state index in [1.54, 1.807) is 17.0 Å². The Hall–Kier alpha value is -2.93. The highest BCUT2D eigenvalue weighted by Gasteiger charge is 2.34. The number of nitrogens with one attached hydrogen (secondary N) is 1. The van der Waals surface area contributed by atoms with Crippen molar-refractivity contribution < 1.29 is 14.0 Å². The van der Waals surface area contributed by atoms with Crippen molar-refractivity contribution in [2.75, 3.05) is 11.9 Å². The minimum Gasteiger partial charge on any atom is -0.459 e. The molecule has 3 aromatic rings. The number of aromatic nitrogens is 1. The number of anilines is 1. The predicted molar refractivity (Wildman–Crippen MR) is 108 cm³/mol. The van der Waals surface area contributed by atoms with Crippen molar-refractivity contribution in [1.82, 2.24) is 9.88 Å². The van der Waals surface area contributed by atoms with Gasteiger partial charge in [0.05, 0.1) is 12.0 Å². The van der Waals surface area contributed by atoms with Crippen molar-refractivity contribution in [3.63, 3.8) is 0 Å². The van der Waals surface area contributed by atoms with Gasteiger partial charge in [0.15, 0.2) is 10.9 Å². The minimum atomic E-state index is -0.516. The van der Waals surface area contributed by atoms with Crippen LogP contribution in [0.25, 0.3) is 11.3 Å². The van der Waals surface area contributed by atoms with Gasteiger partial charge in [-0.15, -0.1) is 11.3 Å². The molecule has 0 radical (unpaired) electrons. The molecule has 1 saturated heterocycles. The third-order valence-corrected chi connectivity index (χ3v) is 5.64. The van der Waals surface area contributed by atoms with Crippen LogP contribution in [-0.4, -0.2) is 34.3 Å². The number of nitrogens with zero attached hydrogens (tertiary/aromatic N) is 2. The first-order chi connectivity index (χ1) is 13.6. The molecule has 6 nitrogen and oxygen atoms in total. The minimum absolute atomic E-state index is 0.204. The molecule has 1 fully saturated rings. The highest BCUT2D eigenvalue weighted by Crippen LogP contribution is 2.27. The number of benzene rings is 1. The summed E-state index contributed by atoms with van der Waals surface area (Å²) in [4.78, 5) is 31.7. The van der Waals surface area contributed by atoms with E-state index in [-0.39, 0.29) is 17.6 Å². The molecule has 2 aromatic heterocycles. The number of hydrogen-bond donors (Lipinski definition) is 1. The number of likely N-dealkylation sites (tertiary alicyclic amines) is 1. The molecule has 1 aliphatic heterocycles. The van der Waals surface area contributed by atoms with E-state index < -0.39 is 6.04 Å². The van der Waals surface area contributed by atoms with E-state index in [1.165, 1.54) is 23.2 Å². The molecule has 1 N–H and O–H groups in total. The van der Waals surface area contributed by atoms with E-state index in [4.69, 9.17) is 4.42 Å². The maximum Gasteiger partial charge on any atom is 0.290 e. The fourth-order valence-electron chi connectivity index (χ4n) is 3.37. The molecule has 1 aliphatic rings. The fraction of sp³-hybridized carbons (Fsp3) is 0.286. The van der Waals surface area contributed by atoms with Crippen LogP contribution in [-0.2, 0) is 4.79 Å². The Morgan fingerprint density at radius 1 is 1.21 bits per heavy atom. The zero-order valence-corrected chi connectivity index (χ0v) is 16.4. The SMILES string of the molecule is Cc1ccc(-c2csc(NC(=O)[C@H]3CCCCN3C(=O)c3ccco3)n2)cc1. The molecule has 1 atom stereocenters. The first-order valence-electron chi connectivity index (χ1n) is 9.30. The molecule has 0 saturated carbocycles. The summed E-state index contributed by atoms with van der Waals surface area (Å²) >= 11 is 1.38. The average Bonchev–Trinajstić information content (AvgIpc) is 3.40. The molecule has 0 unspecified atom stereocenters. The van der Waals surface area contributed by atoms with E-state index in [0.717, 1.165) is 24.1 Å². The van der Waals surface area contributed by atoms with Gasteiger partial charge in [0.2, 0.25) is 5.91 Å². The van der Waals surface area contributed by atoms with E-state index in [9.17, 15) is 9.59 Å². The van der Waals surface area contributed by atoms with Gasteiger partial charge in [0.1, 0.15) is 6.04 Å². The Kier molecular flexibility index (Phi) is 5.25. The molecule has 0 spiro atoms. The van der Waals surface area contributed by atoms with Gasteiger partial charge in [0, 0.05) is 17.5 Å². The zero-order chi connectivity index (χ0) is 19.5. The quantitative estimate of drug-likeness (QED) is 0.713. The molecule has 4 rings (SSSR count). The molecule has 1 aromatic carbocycles. The van der Waals surface area contributed by atoms with E-state index >= 15 is 0 Å². The lowest BCUT2D eigenvalue weighted by Crippen LogP contribution is -2.49. The van der Waals surface area contributed by atoms with Gasteiger partial charge < -0.3 is 14.6 Å². The van der Waals surface area contributed by atoms with Gasteiger partial charge in [-0.25, -0.2) is 4.98 Å². The second-order valence-electron chi connectivity index (χ2n) is 6.88. The Labute approximate surface area is 167 Å². The summed E-state index contributed by atoms with van der Waals surface area (Å²) in [5.74, 6) is -0.190. The third-order valence-electron chi connectivity index (χ3n) is 4.88. The summed E-state index contributed by atoms with van der Waals surface area (Å²) in [6.45, 7) is 2.58. The first kappa shape index (κ1) is 18.4. The van der Waals surface area contributed by atoms with E-state index in [1.807, 2.05) is 36.6 Å². The molecule has 28 heavy (non-hydrogen) atoms. The zero-order valence-electron chi connectivity index (χ0n) is 15.6. The monoisotopic (exact) mass is 395 g/mol. The number of piperidine rings is 1. The maximum atomic E-state index is 12.9. The van der Waals surface area contributed by atoms with Crippen LogP contribution in [0.15, 0.2) is 52.5 Å². The lowest BCUT2D eigenvalue weighted by molar-refractivity contribution is -0.121. The number of carbonyl (C=O) groups excluding carboxylic acids is 2. The summed E-state index contributed by atoms with van der Waals surface area (Å²) in [6, 6.07) is 10.9. The van der Waals surface area contributed by atoms with E-state index in [0.29, 0.717) is 18.1 Å². The summed E-state index contributed by atoms with van der Waals surface area (Å²) in [5.41, 5.74) is 3.02. The van der Waals surface area contributed by atoms with Crippen molar-refractivity contribution in [2.45, 2.75) is 32.2 Å². The molecular formula is C21H21N3O3S. The van der Waals surface area contributed by atoms with Crippen LogP contribution in [0.3, 0.4) is 0 Å². The highest BCUT2D eigenvalue weighted by atomic mass is 32.1. The van der Waals surface area contributed by atoms with Crippen LogP contribution in [0, 0.1) is 6.92 Å². The van der Waals surface area contributed by atoms with Crippen molar-refractivity contribution in [3.05, 3.63) is 59.4 Å². The number of amides is 2. The molecule has 2 amide bonds. The van der Waals surface area contributed by atoms with Crippen LogP contribution < -0.4 is 5.32 Å². The van der Waals surface area contributed by atoms with Crippen LogP contribution in [0.5, 0.6) is 0 Å². The molecule has 0 aliphatic carbocycles. The Morgan fingerprint density at radius 2 is 2.04 bits per heavy atom. The van der Waals surface area contributed by atoms with Crippen molar-refractivity contribution in [2.24, 2.45) is 0 Å². The van der Waals surface area contributed by atoms with Crippen LogP contribution in [0.2, 0.25) is 0 Å². The van der Waals surface area contributed by atoms with Gasteiger partial charge in [-0.1, -0.05) is 29.8 Å². The lowest BCUT2D eigenvalue weighted by Gasteiger charge is -2.33. The summed E-state index contributed by atoms with van der Waals surface area (Å²) in [6.07, 6.45) is 3.89. The third kappa shape index (κ3) is 3.84. The molecular weight excluding hydrogens is 374 g/mol. The molecule has 7 heteroatoms. The number of aryl methyl sites for hydroxylation is 1. The number of furan rings is 1. The van der Waals surface area contributed by atoms with Gasteiger partial charge in [0.25, 0.3) is 5.91 Å². The number of hydrogen-bond acceptors (Lipinski definition) is 5. The normalized spacial score (nSPS) is 16.8. The van der Waals surface area contributed by atoms with Gasteiger partial charge in [-0.05, 0) is 38.3 Å². The second kappa shape index (κ2) is 7.98. The fourth-order valence-corrected chi connectivity index (χ4v) is 4.09. The number of thiazole rings is 1. The largest absolute Gasteiger partial charge is 0.459 e. The highest BCUT2D eigenvalue weighted by molar-refractivity contribution is 7.14. The number of carbonyl (C=O) groups is 2. The van der Waals surface area contributed by atoms with Crippen molar-refractivity contribution in [1.29, 1.82) is 0 Å². The summed E-state index contributed by atoms with van der Waals surface area (Å²) in [7, 11) is 0. The predicted octanol–water partition coefficient (Wildman–Crippen LogP) is 4.34. The molecule has 0 bridgehead atoms. The second-order valence-corrected chi connectivity index (χ2v) is 7.74. The van der Waals surface area contributed by atoms with Gasteiger partial charge >= 0.3 is 0 Å². The van der Waals surface area contributed by atoms with Gasteiger partial charge in [-0.3, -0.25) is 9.59 Å². The summed E-state index contributed by atoms with van der Waals surface area (Å²) in [5, 5.41) is 5.35. The standard InChI is InChI=1S/C21H21N3O3S/c1-14-7-9-15(10-8-14)16-13-28-21(22-16)23-19(25)17-5-2-3-11-24(17)20(26)18-6-4-12-27-18/h4,6-10,12-13,17H,2-3,5,11H2,1H3,(H,22,23,25)/t17-/m1/s1. The van der Waals surface area contributed by atoms with Crippen LogP contribution in [0.1, 0.15) is 35.4 Å². The Morgan fingerprint density at radius 3 is 2.79 bits per heavy atom. The van der Waals surface area contributed by atoms with Crippen LogP contribution >= 0.6 is 11.3 Å².